The Labute approximate surface area is 44.9 Å². The first-order chi connectivity index (χ1) is 3.12. The minimum atomic E-state index is -2.03. The van der Waals surface area contributed by atoms with E-state index in [2.05, 4.69) is 0 Å². The van der Waals surface area contributed by atoms with Gasteiger partial charge in [-0.05, 0) is 12.3 Å². The van der Waals surface area contributed by atoms with Gasteiger partial charge in [-0.3, -0.25) is 9.35 Å². The molecule has 2 nitrogen and oxygen atoms in total. The Hall–Kier alpha value is -0.0200. The second-order valence-electron chi connectivity index (χ2n) is 1.30. The van der Waals surface area contributed by atoms with Crippen LogP contribution in [0, 0.1) is 0 Å². The smallest absolute Gasteiger partial charge is 0.0261 e. The Balaban J connectivity index is 4.17. The molecule has 3 heteroatoms. The maximum atomic E-state index is 10.6. The average Bonchev–Trinajstić information content (AvgIpc) is 1.68. The molecule has 44 valence electrons. The van der Waals surface area contributed by atoms with Crippen molar-refractivity contribution >= 4 is 15.1 Å². The van der Waals surface area contributed by atoms with Crippen molar-refractivity contribution in [3.63, 3.8) is 0 Å². The summed E-state index contributed by atoms with van der Waals surface area (Å²) in [5.41, 5.74) is 0. The number of hydrogen-bond donors (Lipinski definition) is 1. The predicted octanol–water partition coefficient (Wildman–Crippen LogP) is -0.0135. The molecular formula is C4H11NOS. The molecule has 1 atom stereocenters. The van der Waals surface area contributed by atoms with Crippen LogP contribution in [0.15, 0.2) is 0 Å². The van der Waals surface area contributed by atoms with Crippen molar-refractivity contribution < 1.29 is 4.21 Å². The zero-order valence-corrected chi connectivity index (χ0v) is 5.49. The Kier molecular flexibility index (Phi) is 2.32. The van der Waals surface area contributed by atoms with E-state index in [-0.39, 0.29) is 0 Å². The van der Waals surface area contributed by atoms with Gasteiger partial charge in [-0.15, -0.1) is 0 Å². The van der Waals surface area contributed by atoms with Crippen molar-refractivity contribution in [2.24, 2.45) is 5.14 Å². The van der Waals surface area contributed by atoms with Gasteiger partial charge < -0.3 is 0 Å². The lowest BCUT2D eigenvalue weighted by Gasteiger charge is -1.93. The molecule has 7 heavy (non-hydrogen) atoms. The maximum absolute atomic E-state index is 10.6. The molecule has 0 aliphatic carbocycles. The second kappa shape index (κ2) is 2.33. The molecule has 0 aromatic carbocycles. The van der Waals surface area contributed by atoms with Gasteiger partial charge in [-0.2, -0.15) is 0 Å². The van der Waals surface area contributed by atoms with E-state index in [1.165, 1.54) is 0 Å². The molecule has 0 radical (unpaired) electrons. The number of hydrogen-bond acceptors (Lipinski definition) is 1. The highest BCUT2D eigenvalue weighted by molar-refractivity contribution is 7.99. The van der Waals surface area contributed by atoms with Gasteiger partial charge in [-0.25, -0.2) is 0 Å². The molecule has 0 saturated heterocycles. The normalized spacial score (nSPS) is 18.1. The lowest BCUT2D eigenvalue weighted by Crippen LogP contribution is -2.16. The van der Waals surface area contributed by atoms with Crippen molar-refractivity contribution in [2.75, 3.05) is 5.75 Å². The number of nitrogens with two attached hydrogens (primary N) is 1. The first kappa shape index (κ1) is 6.98. The van der Waals surface area contributed by atoms with Gasteiger partial charge in [0.1, 0.15) is 0 Å². The van der Waals surface area contributed by atoms with Crippen LogP contribution in [0.2, 0.25) is 0 Å². The molecule has 0 aromatic rings. The van der Waals surface area contributed by atoms with Crippen molar-refractivity contribution in [1.29, 1.82) is 0 Å². The molecule has 0 saturated carbocycles. The lowest BCUT2D eigenvalue weighted by atomic mass is 11.0. The predicted molar refractivity (Wildman–Crippen MR) is 34.6 cm³/mol. The number of rotatable bonds is 1. The summed E-state index contributed by atoms with van der Waals surface area (Å²) in [6.07, 6.45) is 0. The van der Waals surface area contributed by atoms with Crippen molar-refractivity contribution in [2.45, 2.75) is 13.8 Å². The molecule has 0 aliphatic rings. The van der Waals surface area contributed by atoms with E-state index in [0.29, 0.717) is 5.75 Å². The van der Waals surface area contributed by atoms with Gasteiger partial charge >= 0.3 is 0 Å². The minimum absolute atomic E-state index is 0.545. The monoisotopic (exact) mass is 121 g/mol. The minimum Gasteiger partial charge on any atom is -0.259 e. The van der Waals surface area contributed by atoms with Gasteiger partial charge in [-0.1, -0.05) is 6.92 Å². The topological polar surface area (TPSA) is 43.1 Å². The van der Waals surface area contributed by atoms with E-state index in [1.807, 2.05) is 6.92 Å². The van der Waals surface area contributed by atoms with Crippen LogP contribution in [0.1, 0.15) is 13.8 Å². The summed E-state index contributed by atoms with van der Waals surface area (Å²) in [7, 11) is -2.03. The maximum Gasteiger partial charge on any atom is 0.0261 e. The molecular weight excluding hydrogens is 110 g/mol. The second-order valence-corrected chi connectivity index (χ2v) is 3.91. The van der Waals surface area contributed by atoms with Crippen LogP contribution in [0.5, 0.6) is 0 Å². The van der Waals surface area contributed by atoms with E-state index >= 15 is 0 Å². The van der Waals surface area contributed by atoms with Gasteiger partial charge in [0.2, 0.25) is 0 Å². The SMILES string of the molecule is CC=S(N)(=O)CC. The van der Waals surface area contributed by atoms with Crippen LogP contribution < -0.4 is 5.14 Å². The van der Waals surface area contributed by atoms with E-state index in [4.69, 9.17) is 5.14 Å². The first-order valence-electron chi connectivity index (χ1n) is 2.21. The summed E-state index contributed by atoms with van der Waals surface area (Å²) in [4.78, 5) is 0. The summed E-state index contributed by atoms with van der Waals surface area (Å²) in [6, 6.07) is 0. The molecule has 0 aromatic heterocycles. The Morgan fingerprint density at radius 1 is 1.86 bits per heavy atom. The molecule has 0 spiro atoms. The molecule has 0 aliphatic heterocycles. The molecule has 0 amide bonds. The standard InChI is InChI=1S/C4H11NOS/c1-3-7(5,6)4-2/h3H,4H2,1-2H3,(H2,5,6). The van der Waals surface area contributed by atoms with Crippen molar-refractivity contribution in [1.82, 2.24) is 0 Å². The Morgan fingerprint density at radius 3 is 2.29 bits per heavy atom. The zero-order valence-electron chi connectivity index (χ0n) is 4.68. The molecule has 0 rings (SSSR count). The summed E-state index contributed by atoms with van der Waals surface area (Å²) < 4.78 is 10.6. The van der Waals surface area contributed by atoms with Crippen LogP contribution in [-0.2, 0) is 9.71 Å². The third-order valence-corrected chi connectivity index (χ3v) is 2.55. The van der Waals surface area contributed by atoms with Crippen LogP contribution in [0.4, 0.5) is 0 Å². The fraction of sp³-hybridized carbons (Fsp3) is 0.750. The van der Waals surface area contributed by atoms with Crippen LogP contribution in [-0.4, -0.2) is 15.3 Å². The average molecular weight is 121 g/mol. The third-order valence-electron chi connectivity index (χ3n) is 0.850. The molecule has 0 bridgehead atoms. The summed E-state index contributed by atoms with van der Waals surface area (Å²) in [6.45, 7) is 3.52. The molecule has 1 unspecified atom stereocenters. The summed E-state index contributed by atoms with van der Waals surface area (Å²) in [5, 5.41) is 6.74. The van der Waals surface area contributed by atoms with Gasteiger partial charge in [0.15, 0.2) is 0 Å². The molecule has 0 heterocycles. The highest BCUT2D eigenvalue weighted by atomic mass is 32.2. The van der Waals surface area contributed by atoms with E-state index in [9.17, 15) is 4.21 Å². The largest absolute Gasteiger partial charge is 0.259 e. The van der Waals surface area contributed by atoms with Crippen LogP contribution in [0.25, 0.3) is 0 Å². The lowest BCUT2D eigenvalue weighted by molar-refractivity contribution is 0.683. The van der Waals surface area contributed by atoms with E-state index < -0.39 is 9.71 Å². The zero-order chi connectivity index (χ0) is 5.91. The summed E-state index contributed by atoms with van der Waals surface area (Å²) >= 11 is 0. The molecule has 0 fully saturated rings. The quantitative estimate of drug-likeness (QED) is 0.487. The van der Waals surface area contributed by atoms with E-state index in [1.54, 1.807) is 12.3 Å². The van der Waals surface area contributed by atoms with Crippen molar-refractivity contribution in [3.05, 3.63) is 0 Å². The fourth-order valence-electron chi connectivity index (χ4n) is 0.167. The third kappa shape index (κ3) is 2.65. The Morgan fingerprint density at radius 2 is 2.29 bits per heavy atom. The Bertz CT molecular complexity index is 144. The fourth-order valence-corrected chi connectivity index (χ4v) is 0.500. The van der Waals surface area contributed by atoms with Crippen molar-refractivity contribution in [3.8, 4) is 0 Å². The van der Waals surface area contributed by atoms with Gasteiger partial charge in [0, 0.05) is 15.5 Å². The van der Waals surface area contributed by atoms with E-state index in [0.717, 1.165) is 0 Å². The first-order valence-corrected chi connectivity index (χ1v) is 4.06. The van der Waals surface area contributed by atoms with Crippen LogP contribution >= 0.6 is 0 Å². The highest BCUT2D eigenvalue weighted by Crippen LogP contribution is 1.73. The highest BCUT2D eigenvalue weighted by Gasteiger charge is 1.86. The van der Waals surface area contributed by atoms with Gasteiger partial charge in [0.25, 0.3) is 0 Å². The summed E-state index contributed by atoms with van der Waals surface area (Å²) in [5.74, 6) is 0.545. The van der Waals surface area contributed by atoms with Gasteiger partial charge in [0.05, 0.1) is 0 Å². The van der Waals surface area contributed by atoms with Crippen LogP contribution in [0.3, 0.4) is 0 Å². The molecule has 2 N–H and O–H groups in total.